The number of non-ortho nitro benzene ring substituents is 1. The van der Waals surface area contributed by atoms with E-state index in [0.717, 1.165) is 12.1 Å². The topological polar surface area (TPSA) is 137 Å². The van der Waals surface area contributed by atoms with Crippen molar-refractivity contribution in [1.82, 2.24) is 0 Å². The van der Waals surface area contributed by atoms with Crippen LogP contribution in [0.25, 0.3) is 11.0 Å². The molecule has 3 aromatic carbocycles. The third-order valence-electron chi connectivity index (χ3n) is 5.93. The molecule has 4 rings (SSSR count). The molecule has 0 spiro atoms. The van der Waals surface area contributed by atoms with Crippen LogP contribution in [0.1, 0.15) is 44.5 Å². The van der Waals surface area contributed by atoms with Crippen LogP contribution in [-0.4, -0.2) is 31.8 Å². The minimum atomic E-state index is -4.48. The summed E-state index contributed by atoms with van der Waals surface area (Å²) in [5.74, 6) is -1.30. The number of carbonyl (C=O) groups excluding carboxylic acids is 2. The van der Waals surface area contributed by atoms with Crippen LogP contribution in [-0.2, 0) is 14.8 Å². The average Bonchev–Trinajstić information content (AvgIpc) is 3.20. The van der Waals surface area contributed by atoms with E-state index in [1.54, 1.807) is 39.8 Å². The van der Waals surface area contributed by atoms with Gasteiger partial charge in [-0.3, -0.25) is 14.9 Å². The van der Waals surface area contributed by atoms with Gasteiger partial charge in [0.25, 0.3) is 21.6 Å². The number of fused-ring (bicyclic) bond motifs is 1. The molecule has 4 aromatic rings. The van der Waals surface area contributed by atoms with E-state index in [4.69, 9.17) is 9.15 Å². The molecular weight excluding hydrogens is 512 g/mol. The van der Waals surface area contributed by atoms with Crippen LogP contribution in [0.3, 0.4) is 0 Å². The maximum Gasteiger partial charge on any atom is 0.342 e. The van der Waals surface area contributed by atoms with Gasteiger partial charge in [0.2, 0.25) is 0 Å². The van der Waals surface area contributed by atoms with E-state index >= 15 is 0 Å². The maximum absolute atomic E-state index is 14.0. The monoisotopic (exact) mass is 536 g/mol. The second-order valence-electron chi connectivity index (χ2n) is 8.58. The van der Waals surface area contributed by atoms with Crippen LogP contribution in [0.15, 0.2) is 70.0 Å². The van der Waals surface area contributed by atoms with Gasteiger partial charge in [-0.1, -0.05) is 12.1 Å². The molecule has 1 aromatic heterocycles. The lowest BCUT2D eigenvalue weighted by Gasteiger charge is -2.24. The van der Waals surface area contributed by atoms with Crippen molar-refractivity contribution in [1.29, 1.82) is 0 Å². The molecule has 0 aliphatic carbocycles. The molecule has 0 saturated carbocycles. The van der Waals surface area contributed by atoms with Gasteiger partial charge in [0.05, 0.1) is 22.1 Å². The number of carbonyl (C=O) groups is 2. The first-order valence-electron chi connectivity index (χ1n) is 11.6. The molecule has 0 saturated heterocycles. The van der Waals surface area contributed by atoms with Crippen LogP contribution < -0.4 is 4.31 Å². The number of anilines is 1. The van der Waals surface area contributed by atoms with Crippen LogP contribution in [0.5, 0.6) is 0 Å². The summed E-state index contributed by atoms with van der Waals surface area (Å²) in [6.45, 7) is 6.70. The highest BCUT2D eigenvalue weighted by molar-refractivity contribution is 7.93. The van der Waals surface area contributed by atoms with E-state index in [1.807, 2.05) is 0 Å². The molecule has 10 nitrogen and oxygen atoms in total. The molecule has 1 heterocycles. The Morgan fingerprint density at radius 2 is 1.68 bits per heavy atom. The summed E-state index contributed by atoms with van der Waals surface area (Å²) >= 11 is 0. The van der Waals surface area contributed by atoms with Crippen molar-refractivity contribution in [3.63, 3.8) is 0 Å². The van der Waals surface area contributed by atoms with Crippen molar-refractivity contribution in [3.8, 4) is 0 Å². The van der Waals surface area contributed by atoms with Crippen molar-refractivity contribution < 1.29 is 32.1 Å². The second kappa shape index (κ2) is 10.1. The minimum absolute atomic E-state index is 0.0480. The number of nitro groups is 1. The molecule has 0 N–H and O–H groups in total. The van der Waals surface area contributed by atoms with E-state index in [0.29, 0.717) is 21.0 Å². The SMILES string of the molecule is CCOC(=O)c1c(C)oc2ccc(N(C(=O)c3ccc([N+](=O)[O-])cc3)S(=O)(=O)c3cc(C)ccc3C)cc12. The molecule has 1 amide bonds. The largest absolute Gasteiger partial charge is 0.462 e. The normalized spacial score (nSPS) is 11.4. The van der Waals surface area contributed by atoms with Crippen molar-refractivity contribution in [2.45, 2.75) is 32.6 Å². The lowest BCUT2D eigenvalue weighted by molar-refractivity contribution is -0.384. The number of benzene rings is 3. The molecule has 11 heteroatoms. The van der Waals surface area contributed by atoms with E-state index in [9.17, 15) is 28.1 Å². The molecular formula is C27H24N2O8S. The Balaban J connectivity index is 1.96. The lowest BCUT2D eigenvalue weighted by atomic mass is 10.1. The zero-order chi connectivity index (χ0) is 27.8. The number of hydrogen-bond acceptors (Lipinski definition) is 8. The summed E-state index contributed by atoms with van der Waals surface area (Å²) in [5.41, 5.74) is 1.13. The van der Waals surface area contributed by atoms with E-state index < -0.39 is 26.8 Å². The van der Waals surface area contributed by atoms with Gasteiger partial charge in [-0.15, -0.1) is 0 Å². The quantitative estimate of drug-likeness (QED) is 0.172. The maximum atomic E-state index is 14.0. The number of nitro benzene ring substituents is 1. The number of aryl methyl sites for hydroxylation is 3. The molecule has 38 heavy (non-hydrogen) atoms. The average molecular weight is 537 g/mol. The first-order valence-corrected chi connectivity index (χ1v) is 13.0. The van der Waals surface area contributed by atoms with Gasteiger partial charge in [0.1, 0.15) is 16.9 Å². The second-order valence-corrected chi connectivity index (χ2v) is 10.3. The third kappa shape index (κ3) is 4.75. The summed E-state index contributed by atoms with van der Waals surface area (Å²) in [6.07, 6.45) is 0. The van der Waals surface area contributed by atoms with Gasteiger partial charge in [0, 0.05) is 23.1 Å². The number of esters is 1. The molecule has 0 bridgehead atoms. The molecule has 0 unspecified atom stereocenters. The number of furan rings is 1. The van der Waals surface area contributed by atoms with Crippen LogP contribution >= 0.6 is 0 Å². The number of amides is 1. The summed E-state index contributed by atoms with van der Waals surface area (Å²) in [6, 6.07) is 13.7. The number of sulfonamides is 1. The lowest BCUT2D eigenvalue weighted by Crippen LogP contribution is -2.37. The van der Waals surface area contributed by atoms with Gasteiger partial charge >= 0.3 is 5.97 Å². The Morgan fingerprint density at radius 3 is 2.32 bits per heavy atom. The fourth-order valence-electron chi connectivity index (χ4n) is 4.08. The van der Waals surface area contributed by atoms with E-state index in [2.05, 4.69) is 0 Å². The van der Waals surface area contributed by atoms with Crippen LogP contribution in [0, 0.1) is 30.9 Å². The molecule has 196 valence electrons. The first-order chi connectivity index (χ1) is 17.9. The van der Waals surface area contributed by atoms with Gasteiger partial charge in [-0.2, -0.15) is 4.31 Å². The van der Waals surface area contributed by atoms with Gasteiger partial charge < -0.3 is 9.15 Å². The first kappa shape index (κ1) is 26.6. The highest BCUT2D eigenvalue weighted by Gasteiger charge is 2.34. The number of hydrogen-bond donors (Lipinski definition) is 0. The van der Waals surface area contributed by atoms with Crippen molar-refractivity contribution in [2.75, 3.05) is 10.9 Å². The summed E-state index contributed by atoms with van der Waals surface area (Å²) in [4.78, 5) is 36.8. The highest BCUT2D eigenvalue weighted by Crippen LogP contribution is 2.34. The number of nitrogens with zero attached hydrogens (tertiary/aromatic N) is 2. The van der Waals surface area contributed by atoms with Gasteiger partial charge in [-0.05, 0) is 75.2 Å². The van der Waals surface area contributed by atoms with Crippen LogP contribution in [0.4, 0.5) is 11.4 Å². The molecule has 0 atom stereocenters. The van der Waals surface area contributed by atoms with Crippen molar-refractivity contribution in [3.05, 3.63) is 98.8 Å². The Hall–Kier alpha value is -4.51. The molecule has 0 aliphatic rings. The predicted octanol–water partition coefficient (Wildman–Crippen LogP) is 5.48. The fourth-order valence-corrected chi connectivity index (χ4v) is 5.80. The number of rotatable bonds is 7. The number of ether oxygens (including phenoxy) is 1. The predicted molar refractivity (Wildman–Crippen MR) is 140 cm³/mol. The highest BCUT2D eigenvalue weighted by atomic mass is 32.2. The zero-order valence-electron chi connectivity index (χ0n) is 21.0. The van der Waals surface area contributed by atoms with Crippen molar-refractivity contribution in [2.24, 2.45) is 0 Å². The Bertz CT molecular complexity index is 1690. The van der Waals surface area contributed by atoms with Crippen molar-refractivity contribution >= 4 is 44.2 Å². The third-order valence-corrected chi connectivity index (χ3v) is 7.79. The summed E-state index contributed by atoms with van der Waals surface area (Å²) < 4.78 is 39.5. The van der Waals surface area contributed by atoms with Gasteiger partial charge in [-0.25, -0.2) is 13.2 Å². The molecule has 0 aliphatic heterocycles. The molecule has 0 fully saturated rings. The van der Waals surface area contributed by atoms with E-state index in [-0.39, 0.29) is 45.2 Å². The Labute approximate surface area is 218 Å². The standard InChI is InChI=1S/C27H24N2O8S/c1-5-36-27(31)25-18(4)37-23-13-12-21(15-22(23)25)28(26(30)19-8-10-20(11-9-19)29(32)33)38(34,35)24-14-16(2)6-7-17(24)3/h6-15H,5H2,1-4H3. The molecule has 0 radical (unpaired) electrons. The van der Waals surface area contributed by atoms with Gasteiger partial charge in [0.15, 0.2) is 0 Å². The summed E-state index contributed by atoms with van der Waals surface area (Å²) in [5, 5.41) is 11.4. The Kier molecular flexibility index (Phi) is 7.05. The smallest absolute Gasteiger partial charge is 0.342 e. The van der Waals surface area contributed by atoms with E-state index in [1.165, 1.54) is 36.4 Å². The minimum Gasteiger partial charge on any atom is -0.462 e. The Morgan fingerprint density at radius 1 is 1.00 bits per heavy atom. The summed E-state index contributed by atoms with van der Waals surface area (Å²) in [7, 11) is -4.48. The fraction of sp³-hybridized carbons (Fsp3) is 0.185. The zero-order valence-corrected chi connectivity index (χ0v) is 21.9. The van der Waals surface area contributed by atoms with Crippen LogP contribution in [0.2, 0.25) is 0 Å².